The van der Waals surface area contributed by atoms with Gasteiger partial charge in [-0.25, -0.2) is 19.7 Å². The molecule has 0 radical (unpaired) electrons. The van der Waals surface area contributed by atoms with Crippen molar-refractivity contribution in [3.8, 4) is 0 Å². The molecule has 2 aromatic rings. The van der Waals surface area contributed by atoms with Crippen molar-refractivity contribution in [3.63, 3.8) is 0 Å². The summed E-state index contributed by atoms with van der Waals surface area (Å²) in [6.07, 6.45) is 3.11. The molecule has 0 unspecified atom stereocenters. The minimum absolute atomic E-state index is 0.130. The first-order valence-corrected chi connectivity index (χ1v) is 8.04. The van der Waals surface area contributed by atoms with E-state index in [0.717, 1.165) is 5.69 Å². The van der Waals surface area contributed by atoms with E-state index >= 15 is 0 Å². The van der Waals surface area contributed by atoms with Gasteiger partial charge in [-0.05, 0) is 16.9 Å². The molecule has 7 nitrogen and oxygen atoms in total. The number of pyridine rings is 1. The second-order valence-corrected chi connectivity index (χ2v) is 7.78. The predicted octanol–water partition coefficient (Wildman–Crippen LogP) is 4.42. The van der Waals surface area contributed by atoms with E-state index in [-0.39, 0.29) is 16.8 Å². The van der Waals surface area contributed by atoms with Crippen LogP contribution in [0.1, 0.15) is 52.9 Å². The molecular formula is C19H25N7. The standard InChI is InChI=1S/C10H13N3.C9H12N4/c1-10(2,3)9-8(12-4)7(11)5-6-13-9;1-9(2,3)7-6(11-4)5-12-8(10)13-7/h5-6H,1-3H3,(H2,11,13);5H,1-3H3,(H2,10,12,13). The summed E-state index contributed by atoms with van der Waals surface area (Å²) in [5.41, 5.74) is 13.8. The lowest BCUT2D eigenvalue weighted by molar-refractivity contribution is 0.571. The van der Waals surface area contributed by atoms with Crippen molar-refractivity contribution in [3.05, 3.63) is 52.7 Å². The Hall–Kier alpha value is -3.19. The molecule has 136 valence electrons. The molecule has 0 atom stereocenters. The second kappa shape index (κ2) is 7.79. The van der Waals surface area contributed by atoms with E-state index in [4.69, 9.17) is 24.6 Å². The van der Waals surface area contributed by atoms with Gasteiger partial charge < -0.3 is 11.5 Å². The van der Waals surface area contributed by atoms with Crippen LogP contribution in [0.2, 0.25) is 0 Å². The van der Waals surface area contributed by atoms with Gasteiger partial charge in [0, 0.05) is 18.1 Å². The molecule has 2 aromatic heterocycles. The third-order valence-corrected chi connectivity index (χ3v) is 3.40. The number of hydrogen-bond donors (Lipinski definition) is 2. The smallest absolute Gasteiger partial charge is 0.230 e. The van der Waals surface area contributed by atoms with Crippen molar-refractivity contribution < 1.29 is 0 Å². The maximum Gasteiger partial charge on any atom is 0.230 e. The number of rotatable bonds is 0. The number of nitrogens with zero attached hydrogens (tertiary/aromatic N) is 5. The number of nitrogens with two attached hydrogens (primary N) is 2. The van der Waals surface area contributed by atoms with Crippen molar-refractivity contribution in [2.24, 2.45) is 0 Å². The Bertz CT molecular complexity index is 847. The van der Waals surface area contributed by atoms with Gasteiger partial charge in [-0.3, -0.25) is 4.98 Å². The highest BCUT2D eigenvalue weighted by Crippen LogP contribution is 2.33. The summed E-state index contributed by atoms with van der Waals surface area (Å²) in [5, 5.41) is 0. The number of aromatic nitrogens is 3. The molecular weight excluding hydrogens is 326 g/mol. The maximum absolute atomic E-state index is 7.01. The molecule has 0 saturated heterocycles. The van der Waals surface area contributed by atoms with Gasteiger partial charge in [-0.15, -0.1) is 0 Å². The van der Waals surface area contributed by atoms with Gasteiger partial charge in [-0.2, -0.15) is 0 Å². The average molecular weight is 351 g/mol. The molecule has 0 aliphatic carbocycles. The van der Waals surface area contributed by atoms with Crippen LogP contribution in [0.15, 0.2) is 18.5 Å². The Kier molecular flexibility index (Phi) is 6.25. The van der Waals surface area contributed by atoms with Crippen molar-refractivity contribution >= 4 is 23.0 Å². The quantitative estimate of drug-likeness (QED) is 0.684. The Labute approximate surface area is 155 Å². The van der Waals surface area contributed by atoms with Crippen LogP contribution in [-0.4, -0.2) is 15.0 Å². The fourth-order valence-electron chi connectivity index (χ4n) is 2.16. The normalized spacial score (nSPS) is 10.9. The fourth-order valence-corrected chi connectivity index (χ4v) is 2.16. The summed E-state index contributed by atoms with van der Waals surface area (Å²) in [5.74, 6) is 0.220. The van der Waals surface area contributed by atoms with E-state index in [1.54, 1.807) is 12.3 Å². The lowest BCUT2D eigenvalue weighted by Gasteiger charge is -2.19. The van der Waals surface area contributed by atoms with Gasteiger partial charge >= 0.3 is 0 Å². The molecule has 0 saturated carbocycles. The van der Waals surface area contributed by atoms with Crippen molar-refractivity contribution in [2.45, 2.75) is 52.4 Å². The summed E-state index contributed by atoms with van der Waals surface area (Å²) >= 11 is 0. The molecule has 0 aliphatic heterocycles. The van der Waals surface area contributed by atoms with Crippen LogP contribution < -0.4 is 11.5 Å². The first kappa shape index (κ1) is 20.9. The second-order valence-electron chi connectivity index (χ2n) is 7.78. The van der Waals surface area contributed by atoms with Gasteiger partial charge in [0.15, 0.2) is 0 Å². The molecule has 0 aliphatic rings. The molecule has 0 amide bonds. The summed E-state index contributed by atoms with van der Waals surface area (Å²) in [6.45, 7) is 26.0. The zero-order valence-corrected chi connectivity index (χ0v) is 16.1. The van der Waals surface area contributed by atoms with Gasteiger partial charge in [0.2, 0.25) is 17.3 Å². The molecule has 0 aromatic carbocycles. The van der Waals surface area contributed by atoms with Crippen LogP contribution in [0.3, 0.4) is 0 Å². The SMILES string of the molecule is [C-]#[N+]c1c(N)ccnc1C(C)(C)C.[C-]#[N+]c1cnc(N)nc1C(C)(C)C. The molecule has 7 heteroatoms. The van der Waals surface area contributed by atoms with Crippen LogP contribution in [0, 0.1) is 13.1 Å². The summed E-state index contributed by atoms with van der Waals surface area (Å²) in [4.78, 5) is 18.8. The minimum Gasteiger partial charge on any atom is -0.407 e. The highest BCUT2D eigenvalue weighted by atomic mass is 15.0. The summed E-state index contributed by atoms with van der Waals surface area (Å²) in [6, 6.07) is 1.66. The Morgan fingerprint density at radius 2 is 1.46 bits per heavy atom. The van der Waals surface area contributed by atoms with Gasteiger partial charge in [0.25, 0.3) is 0 Å². The van der Waals surface area contributed by atoms with Crippen LogP contribution in [0.4, 0.5) is 23.0 Å². The van der Waals surface area contributed by atoms with Crippen molar-refractivity contribution in [1.82, 2.24) is 15.0 Å². The summed E-state index contributed by atoms with van der Waals surface area (Å²) in [7, 11) is 0. The fraction of sp³-hybridized carbons (Fsp3) is 0.421. The van der Waals surface area contributed by atoms with Crippen molar-refractivity contribution in [1.29, 1.82) is 0 Å². The van der Waals surface area contributed by atoms with E-state index in [0.29, 0.717) is 22.8 Å². The number of nitrogen functional groups attached to an aromatic ring is 2. The van der Waals surface area contributed by atoms with Gasteiger partial charge in [0.05, 0.1) is 24.5 Å². The molecule has 26 heavy (non-hydrogen) atoms. The van der Waals surface area contributed by atoms with E-state index in [1.165, 1.54) is 6.20 Å². The van der Waals surface area contributed by atoms with Gasteiger partial charge in [-0.1, -0.05) is 41.5 Å². The first-order valence-electron chi connectivity index (χ1n) is 8.04. The largest absolute Gasteiger partial charge is 0.407 e. The maximum atomic E-state index is 7.01. The topological polar surface area (TPSA) is 99.4 Å². The Morgan fingerprint density at radius 3 is 1.88 bits per heavy atom. The Balaban J connectivity index is 0.000000260. The van der Waals surface area contributed by atoms with Crippen LogP contribution >= 0.6 is 0 Å². The molecule has 2 heterocycles. The lowest BCUT2D eigenvalue weighted by atomic mass is 9.90. The molecule has 0 spiro atoms. The predicted molar refractivity (Wildman–Crippen MR) is 105 cm³/mol. The van der Waals surface area contributed by atoms with Crippen LogP contribution in [0.5, 0.6) is 0 Å². The van der Waals surface area contributed by atoms with E-state index in [9.17, 15) is 0 Å². The number of anilines is 2. The lowest BCUT2D eigenvalue weighted by Crippen LogP contribution is -2.15. The molecule has 0 fully saturated rings. The molecule has 4 N–H and O–H groups in total. The van der Waals surface area contributed by atoms with Crippen LogP contribution in [-0.2, 0) is 10.8 Å². The Morgan fingerprint density at radius 1 is 0.885 bits per heavy atom. The third kappa shape index (κ3) is 5.15. The first-order chi connectivity index (χ1) is 11.9. The van der Waals surface area contributed by atoms with E-state index in [2.05, 4.69) is 24.6 Å². The van der Waals surface area contributed by atoms with Gasteiger partial charge in [0.1, 0.15) is 0 Å². The highest BCUT2D eigenvalue weighted by molar-refractivity contribution is 5.70. The third-order valence-electron chi connectivity index (χ3n) is 3.40. The molecule has 2 rings (SSSR count). The minimum atomic E-state index is -0.170. The van der Waals surface area contributed by atoms with Crippen molar-refractivity contribution in [2.75, 3.05) is 11.5 Å². The summed E-state index contributed by atoms with van der Waals surface area (Å²) < 4.78 is 0. The zero-order chi connectivity index (χ0) is 20.1. The average Bonchev–Trinajstić information content (AvgIpc) is 2.53. The monoisotopic (exact) mass is 351 g/mol. The van der Waals surface area contributed by atoms with E-state index < -0.39 is 0 Å². The highest BCUT2D eigenvalue weighted by Gasteiger charge is 2.21. The molecule has 0 bridgehead atoms. The van der Waals surface area contributed by atoms with E-state index in [1.807, 2.05) is 41.5 Å². The zero-order valence-electron chi connectivity index (χ0n) is 16.1. The van der Waals surface area contributed by atoms with Crippen LogP contribution in [0.25, 0.3) is 9.69 Å². The number of hydrogen-bond acceptors (Lipinski definition) is 5.